The zero-order chi connectivity index (χ0) is 19.5. The summed E-state index contributed by atoms with van der Waals surface area (Å²) in [5, 5.41) is 3.10. The number of rotatable bonds is 5. The minimum atomic E-state index is -0.141. The molecule has 8 heteroatoms. The molecule has 1 aromatic carbocycles. The maximum atomic E-state index is 12.9. The second kappa shape index (κ2) is 8.30. The van der Waals surface area contributed by atoms with Gasteiger partial charge in [-0.3, -0.25) is 14.1 Å². The minimum absolute atomic E-state index is 0.0545. The van der Waals surface area contributed by atoms with Crippen LogP contribution in [0.25, 0.3) is 5.65 Å². The Balaban J connectivity index is 1.55. The number of nitrogen functional groups attached to an aromatic ring is 1. The van der Waals surface area contributed by atoms with Gasteiger partial charge in [0.15, 0.2) is 0 Å². The van der Waals surface area contributed by atoms with Crippen LogP contribution in [0.2, 0.25) is 0 Å². The zero-order valence-corrected chi connectivity index (χ0v) is 16.9. The number of imidazole rings is 1. The molecule has 0 saturated carbocycles. The molecule has 28 heavy (non-hydrogen) atoms. The van der Waals surface area contributed by atoms with E-state index in [9.17, 15) is 4.79 Å². The highest BCUT2D eigenvalue weighted by Crippen LogP contribution is 2.23. The van der Waals surface area contributed by atoms with Crippen molar-refractivity contribution in [3.05, 3.63) is 64.5 Å². The summed E-state index contributed by atoms with van der Waals surface area (Å²) in [5.74, 6) is -0.141. The second-order valence-electron chi connectivity index (χ2n) is 6.73. The monoisotopic (exact) mass is 443 g/mol. The van der Waals surface area contributed by atoms with E-state index in [0.717, 1.165) is 34.6 Å². The van der Waals surface area contributed by atoms with Crippen LogP contribution in [0.15, 0.2) is 53.3 Å². The average Bonchev–Trinajstić information content (AvgIpc) is 3.11. The highest BCUT2D eigenvalue weighted by molar-refractivity contribution is 9.10. The third-order valence-corrected chi connectivity index (χ3v) is 5.54. The number of hydrogen-bond donors (Lipinski definition) is 2. The zero-order valence-electron chi connectivity index (χ0n) is 15.3. The number of pyridine rings is 1. The summed E-state index contributed by atoms with van der Waals surface area (Å²) in [5.41, 5.74) is 8.96. The summed E-state index contributed by atoms with van der Waals surface area (Å²) in [4.78, 5) is 19.6. The summed E-state index contributed by atoms with van der Waals surface area (Å²) in [7, 11) is 0. The maximum Gasteiger partial charge on any atom is 0.268 e. The first-order valence-corrected chi connectivity index (χ1v) is 10.00. The topological polar surface area (TPSA) is 84.9 Å². The molecule has 0 radical (unpaired) electrons. The molecule has 0 bridgehead atoms. The van der Waals surface area contributed by atoms with E-state index in [4.69, 9.17) is 10.5 Å². The van der Waals surface area contributed by atoms with E-state index < -0.39 is 0 Å². The summed E-state index contributed by atoms with van der Waals surface area (Å²) in [6.07, 6.45) is 1.69. The number of amides is 1. The molecular weight excluding hydrogens is 422 g/mol. The van der Waals surface area contributed by atoms with Gasteiger partial charge in [0.1, 0.15) is 15.9 Å². The van der Waals surface area contributed by atoms with Gasteiger partial charge in [-0.05, 0) is 45.8 Å². The van der Waals surface area contributed by atoms with Crippen molar-refractivity contribution >= 4 is 33.2 Å². The smallest absolute Gasteiger partial charge is 0.268 e. The van der Waals surface area contributed by atoms with Gasteiger partial charge < -0.3 is 15.8 Å². The molecule has 1 amide bonds. The number of carbonyl (C=O) groups is 1. The number of benzene rings is 1. The fourth-order valence-electron chi connectivity index (χ4n) is 3.52. The second-order valence-corrected chi connectivity index (χ2v) is 7.54. The fraction of sp³-hybridized carbons (Fsp3) is 0.300. The van der Waals surface area contributed by atoms with Gasteiger partial charge in [0.05, 0.1) is 25.5 Å². The largest absolute Gasteiger partial charge is 0.399 e. The lowest BCUT2D eigenvalue weighted by Gasteiger charge is -2.35. The standard InChI is InChI=1S/C20H22BrN5O2/c21-18-13-23-19-3-1-2-16(26(18)19)20(27)24-12-17(25-8-10-28-11-9-25)14-4-6-15(22)7-5-14/h1-7,13,17H,8-12,22H2,(H,24,27). The number of halogens is 1. The first-order chi connectivity index (χ1) is 13.6. The van der Waals surface area contributed by atoms with Gasteiger partial charge in [-0.25, -0.2) is 4.98 Å². The number of nitrogens with two attached hydrogens (primary N) is 1. The van der Waals surface area contributed by atoms with E-state index in [1.54, 1.807) is 16.7 Å². The maximum absolute atomic E-state index is 12.9. The van der Waals surface area contributed by atoms with Gasteiger partial charge in [-0.1, -0.05) is 18.2 Å². The van der Waals surface area contributed by atoms with Crippen LogP contribution in [0.1, 0.15) is 22.1 Å². The van der Waals surface area contributed by atoms with Gasteiger partial charge in [-0.2, -0.15) is 0 Å². The van der Waals surface area contributed by atoms with Crippen molar-refractivity contribution < 1.29 is 9.53 Å². The van der Waals surface area contributed by atoms with Crippen molar-refractivity contribution in [1.82, 2.24) is 19.6 Å². The van der Waals surface area contributed by atoms with Crippen molar-refractivity contribution in [3.8, 4) is 0 Å². The highest BCUT2D eigenvalue weighted by atomic mass is 79.9. The minimum Gasteiger partial charge on any atom is -0.399 e. The van der Waals surface area contributed by atoms with Crippen molar-refractivity contribution in [2.45, 2.75) is 6.04 Å². The Morgan fingerprint density at radius 1 is 1.21 bits per heavy atom. The number of nitrogens with one attached hydrogen (secondary N) is 1. The van der Waals surface area contributed by atoms with Crippen molar-refractivity contribution in [3.63, 3.8) is 0 Å². The Morgan fingerprint density at radius 3 is 2.71 bits per heavy atom. The molecule has 146 valence electrons. The number of nitrogens with zero attached hydrogens (tertiary/aromatic N) is 3. The fourth-order valence-corrected chi connectivity index (χ4v) is 4.00. The Kier molecular flexibility index (Phi) is 5.61. The van der Waals surface area contributed by atoms with Gasteiger partial charge in [0.25, 0.3) is 5.91 Å². The van der Waals surface area contributed by atoms with E-state index in [1.165, 1.54) is 0 Å². The molecule has 3 heterocycles. The molecule has 1 saturated heterocycles. The predicted molar refractivity (Wildman–Crippen MR) is 111 cm³/mol. The van der Waals surface area contributed by atoms with Crippen LogP contribution < -0.4 is 11.1 Å². The van der Waals surface area contributed by atoms with Gasteiger partial charge in [-0.15, -0.1) is 0 Å². The molecule has 1 unspecified atom stereocenters. The lowest BCUT2D eigenvalue weighted by Crippen LogP contribution is -2.44. The van der Waals surface area contributed by atoms with E-state index in [0.29, 0.717) is 25.5 Å². The Labute approximate surface area is 171 Å². The molecule has 3 N–H and O–H groups in total. The van der Waals surface area contributed by atoms with E-state index in [-0.39, 0.29) is 11.9 Å². The van der Waals surface area contributed by atoms with Crippen LogP contribution >= 0.6 is 15.9 Å². The molecule has 0 spiro atoms. The molecule has 1 aliphatic rings. The number of ether oxygens (including phenoxy) is 1. The summed E-state index contributed by atoms with van der Waals surface area (Å²) in [6, 6.07) is 13.4. The van der Waals surface area contributed by atoms with Crippen LogP contribution in [-0.2, 0) is 4.74 Å². The van der Waals surface area contributed by atoms with Gasteiger partial charge >= 0.3 is 0 Å². The first-order valence-electron chi connectivity index (χ1n) is 9.21. The number of aromatic nitrogens is 2. The Bertz CT molecular complexity index is 966. The Morgan fingerprint density at radius 2 is 1.96 bits per heavy atom. The number of fused-ring (bicyclic) bond motifs is 1. The first kappa shape index (κ1) is 18.9. The number of hydrogen-bond acceptors (Lipinski definition) is 5. The number of morpholine rings is 1. The molecular formula is C20H22BrN5O2. The molecule has 2 aromatic heterocycles. The van der Waals surface area contributed by atoms with Crippen LogP contribution in [0, 0.1) is 0 Å². The van der Waals surface area contributed by atoms with Gasteiger partial charge in [0, 0.05) is 25.3 Å². The molecule has 1 atom stereocenters. The quantitative estimate of drug-likeness (QED) is 0.591. The van der Waals surface area contributed by atoms with Crippen molar-refractivity contribution in [1.29, 1.82) is 0 Å². The SMILES string of the molecule is Nc1ccc(C(CNC(=O)c2cccc3ncc(Br)n23)N2CCOCC2)cc1. The number of anilines is 1. The molecule has 3 aromatic rings. The van der Waals surface area contributed by atoms with E-state index in [1.807, 2.05) is 36.4 Å². The van der Waals surface area contributed by atoms with Crippen LogP contribution in [0.5, 0.6) is 0 Å². The van der Waals surface area contributed by atoms with Crippen molar-refractivity contribution in [2.75, 3.05) is 38.6 Å². The lowest BCUT2D eigenvalue weighted by atomic mass is 10.0. The van der Waals surface area contributed by atoms with Crippen molar-refractivity contribution in [2.24, 2.45) is 0 Å². The van der Waals surface area contributed by atoms with Crippen LogP contribution in [-0.4, -0.2) is 53.0 Å². The number of carbonyl (C=O) groups excluding carboxylic acids is 1. The normalized spacial score (nSPS) is 16.2. The average molecular weight is 444 g/mol. The summed E-state index contributed by atoms with van der Waals surface area (Å²) >= 11 is 3.46. The summed E-state index contributed by atoms with van der Waals surface area (Å²) in [6.45, 7) is 3.54. The molecule has 0 aliphatic carbocycles. The van der Waals surface area contributed by atoms with Gasteiger partial charge in [0.2, 0.25) is 0 Å². The van der Waals surface area contributed by atoms with E-state index >= 15 is 0 Å². The molecule has 1 fully saturated rings. The lowest BCUT2D eigenvalue weighted by molar-refractivity contribution is 0.0162. The van der Waals surface area contributed by atoms with Crippen LogP contribution in [0.3, 0.4) is 0 Å². The third kappa shape index (κ3) is 3.89. The predicted octanol–water partition coefficient (Wildman–Crippen LogP) is 2.48. The highest BCUT2D eigenvalue weighted by Gasteiger charge is 2.24. The third-order valence-electron chi connectivity index (χ3n) is 4.98. The summed E-state index contributed by atoms with van der Waals surface area (Å²) < 4.78 is 8.03. The molecule has 1 aliphatic heterocycles. The van der Waals surface area contributed by atoms with Crippen LogP contribution in [0.4, 0.5) is 5.69 Å². The Hall–Kier alpha value is -2.42. The molecule has 7 nitrogen and oxygen atoms in total. The van der Waals surface area contributed by atoms with E-state index in [2.05, 4.69) is 31.1 Å². The molecule has 4 rings (SSSR count).